The second-order valence-corrected chi connectivity index (χ2v) is 7.64. The largest absolute Gasteiger partial charge is 0.336 e. The zero-order chi connectivity index (χ0) is 19.6. The van der Waals surface area contributed by atoms with Gasteiger partial charge in [-0.25, -0.2) is 0 Å². The van der Waals surface area contributed by atoms with Gasteiger partial charge in [-0.3, -0.25) is 4.79 Å². The number of nitrogens with zero attached hydrogens (tertiary/aromatic N) is 2. The molecule has 140 valence electrons. The van der Waals surface area contributed by atoms with E-state index < -0.39 is 5.54 Å². The average molecular weight is 370 g/mol. The molecule has 2 aromatic rings. The summed E-state index contributed by atoms with van der Waals surface area (Å²) in [6.45, 7) is 0.859. The van der Waals surface area contributed by atoms with Gasteiger partial charge in [0.25, 0.3) is 0 Å². The lowest BCUT2D eigenvalue weighted by atomic mass is 9.99. The van der Waals surface area contributed by atoms with Crippen LogP contribution in [0.1, 0.15) is 42.7 Å². The van der Waals surface area contributed by atoms with Crippen LogP contribution in [0.3, 0.4) is 0 Å². The Bertz CT molecular complexity index is 946. The van der Waals surface area contributed by atoms with E-state index in [1.807, 2.05) is 36.4 Å². The minimum atomic E-state index is -0.786. The van der Waals surface area contributed by atoms with Crippen LogP contribution in [0.5, 0.6) is 0 Å². The SMILES string of the molecule is N#Cc1ccc(-c2ccc(C3CC3(C#N)NC(=O)C3CCCCN3)cc2)cc1. The number of rotatable bonds is 4. The normalized spacial score (nSPS) is 25.9. The summed E-state index contributed by atoms with van der Waals surface area (Å²) in [5.41, 5.74) is 3.03. The summed E-state index contributed by atoms with van der Waals surface area (Å²) in [5.74, 6) is -0.0296. The third-order valence-electron chi connectivity index (χ3n) is 5.79. The van der Waals surface area contributed by atoms with Crippen molar-refractivity contribution in [3.8, 4) is 23.3 Å². The molecule has 1 aliphatic carbocycles. The number of carbonyl (C=O) groups is 1. The first-order valence-electron chi connectivity index (χ1n) is 9.72. The van der Waals surface area contributed by atoms with Crippen LogP contribution in [-0.2, 0) is 4.79 Å². The molecular formula is C23H22N4O. The summed E-state index contributed by atoms with van der Waals surface area (Å²) in [7, 11) is 0. The fourth-order valence-corrected chi connectivity index (χ4v) is 3.98. The molecule has 1 amide bonds. The van der Waals surface area contributed by atoms with E-state index >= 15 is 0 Å². The molecule has 28 heavy (non-hydrogen) atoms. The lowest BCUT2D eigenvalue weighted by molar-refractivity contribution is -0.124. The lowest BCUT2D eigenvalue weighted by Crippen LogP contribution is -2.50. The number of hydrogen-bond donors (Lipinski definition) is 2. The number of nitrogens with one attached hydrogen (secondary N) is 2. The van der Waals surface area contributed by atoms with E-state index in [-0.39, 0.29) is 17.9 Å². The molecule has 5 heteroatoms. The maximum absolute atomic E-state index is 12.5. The van der Waals surface area contributed by atoms with Crippen molar-refractivity contribution in [1.29, 1.82) is 10.5 Å². The van der Waals surface area contributed by atoms with Crippen molar-refractivity contribution in [2.24, 2.45) is 0 Å². The number of piperidine rings is 1. The Hall–Kier alpha value is -3.15. The van der Waals surface area contributed by atoms with Crippen LogP contribution in [0.4, 0.5) is 0 Å². The lowest BCUT2D eigenvalue weighted by Gasteiger charge is -2.24. The van der Waals surface area contributed by atoms with Gasteiger partial charge in [-0.05, 0) is 54.6 Å². The van der Waals surface area contributed by atoms with E-state index in [2.05, 4.69) is 22.8 Å². The van der Waals surface area contributed by atoms with E-state index in [1.54, 1.807) is 12.1 Å². The van der Waals surface area contributed by atoms with Crippen LogP contribution in [0, 0.1) is 22.7 Å². The predicted molar refractivity (Wildman–Crippen MR) is 106 cm³/mol. The molecular weight excluding hydrogens is 348 g/mol. The molecule has 1 saturated carbocycles. The van der Waals surface area contributed by atoms with Crippen molar-refractivity contribution in [1.82, 2.24) is 10.6 Å². The van der Waals surface area contributed by atoms with Crippen LogP contribution >= 0.6 is 0 Å². The Morgan fingerprint density at radius 1 is 1.04 bits per heavy atom. The van der Waals surface area contributed by atoms with Crippen LogP contribution < -0.4 is 10.6 Å². The zero-order valence-electron chi connectivity index (χ0n) is 15.6. The van der Waals surface area contributed by atoms with Crippen LogP contribution in [-0.4, -0.2) is 24.0 Å². The van der Waals surface area contributed by atoms with E-state index in [9.17, 15) is 10.1 Å². The smallest absolute Gasteiger partial charge is 0.238 e. The van der Waals surface area contributed by atoms with E-state index in [4.69, 9.17) is 5.26 Å². The second-order valence-electron chi connectivity index (χ2n) is 7.64. The van der Waals surface area contributed by atoms with E-state index in [0.29, 0.717) is 12.0 Å². The number of amides is 1. The Kier molecular flexibility index (Phi) is 4.86. The number of nitriles is 2. The third-order valence-corrected chi connectivity index (χ3v) is 5.79. The molecule has 2 aromatic carbocycles. The van der Waals surface area contributed by atoms with Crippen molar-refractivity contribution in [2.75, 3.05) is 6.54 Å². The molecule has 2 fully saturated rings. The summed E-state index contributed by atoms with van der Waals surface area (Å²) in [6.07, 6.45) is 3.63. The fourth-order valence-electron chi connectivity index (χ4n) is 3.98. The van der Waals surface area contributed by atoms with Gasteiger partial charge < -0.3 is 10.6 Å². The Labute approximate surface area is 165 Å². The quantitative estimate of drug-likeness (QED) is 0.865. The molecule has 1 aliphatic heterocycles. The van der Waals surface area contributed by atoms with Gasteiger partial charge in [-0.15, -0.1) is 0 Å². The van der Waals surface area contributed by atoms with E-state index in [0.717, 1.165) is 42.5 Å². The standard InChI is InChI=1S/C23H22N4O/c24-14-16-4-6-17(7-5-16)18-8-10-19(11-9-18)20-13-23(20,15-25)27-22(28)21-3-1-2-12-26-21/h4-11,20-21,26H,1-3,12-13H2,(H,27,28). The van der Waals surface area contributed by atoms with Gasteiger partial charge in [-0.2, -0.15) is 10.5 Å². The Morgan fingerprint density at radius 2 is 1.71 bits per heavy atom. The van der Waals surface area contributed by atoms with E-state index in [1.165, 1.54) is 0 Å². The van der Waals surface area contributed by atoms with Crippen molar-refractivity contribution >= 4 is 5.91 Å². The molecule has 3 unspecified atom stereocenters. The summed E-state index contributed by atoms with van der Waals surface area (Å²) in [6, 6.07) is 19.9. The monoisotopic (exact) mass is 370 g/mol. The highest BCUT2D eigenvalue weighted by Gasteiger charge is 2.57. The maximum Gasteiger partial charge on any atom is 0.238 e. The Balaban J connectivity index is 1.45. The average Bonchev–Trinajstić information content (AvgIpc) is 3.49. The highest BCUT2D eigenvalue weighted by Crippen LogP contribution is 2.51. The zero-order valence-corrected chi connectivity index (χ0v) is 15.6. The van der Waals surface area contributed by atoms with Crippen molar-refractivity contribution in [2.45, 2.75) is 43.2 Å². The molecule has 1 heterocycles. The minimum Gasteiger partial charge on any atom is -0.336 e. The molecule has 5 nitrogen and oxygen atoms in total. The summed E-state index contributed by atoms with van der Waals surface area (Å²) in [4.78, 5) is 12.5. The molecule has 0 bridgehead atoms. The highest BCUT2D eigenvalue weighted by molar-refractivity contribution is 5.84. The predicted octanol–water partition coefficient (Wildman–Crippen LogP) is 3.23. The van der Waals surface area contributed by atoms with Crippen LogP contribution in [0.25, 0.3) is 11.1 Å². The number of hydrogen-bond acceptors (Lipinski definition) is 4. The van der Waals surface area contributed by atoms with Gasteiger partial charge in [0.2, 0.25) is 5.91 Å². The minimum absolute atomic E-state index is 0.0278. The fraction of sp³-hybridized carbons (Fsp3) is 0.348. The molecule has 0 aromatic heterocycles. The molecule has 3 atom stereocenters. The summed E-state index contributed by atoms with van der Waals surface area (Å²) in [5, 5.41) is 24.9. The molecule has 1 saturated heterocycles. The van der Waals surface area contributed by atoms with Crippen LogP contribution in [0.2, 0.25) is 0 Å². The van der Waals surface area contributed by atoms with Gasteiger partial charge in [0.05, 0.1) is 23.7 Å². The number of carbonyl (C=O) groups excluding carboxylic acids is 1. The van der Waals surface area contributed by atoms with Gasteiger partial charge >= 0.3 is 0 Å². The number of benzene rings is 2. The first kappa shape index (κ1) is 18.2. The molecule has 2 N–H and O–H groups in total. The van der Waals surface area contributed by atoms with Gasteiger partial charge in [-0.1, -0.05) is 42.8 Å². The van der Waals surface area contributed by atoms with Crippen molar-refractivity contribution in [3.63, 3.8) is 0 Å². The van der Waals surface area contributed by atoms with Gasteiger partial charge in [0.1, 0.15) is 5.54 Å². The van der Waals surface area contributed by atoms with Gasteiger partial charge in [0, 0.05) is 5.92 Å². The first-order valence-corrected chi connectivity index (χ1v) is 9.72. The summed E-state index contributed by atoms with van der Waals surface area (Å²) >= 11 is 0. The van der Waals surface area contributed by atoms with Gasteiger partial charge in [0.15, 0.2) is 0 Å². The second kappa shape index (κ2) is 7.46. The molecule has 4 rings (SSSR count). The molecule has 2 aliphatic rings. The first-order chi connectivity index (χ1) is 13.6. The Morgan fingerprint density at radius 3 is 2.29 bits per heavy atom. The highest BCUT2D eigenvalue weighted by atomic mass is 16.2. The molecule has 0 radical (unpaired) electrons. The van der Waals surface area contributed by atoms with Crippen molar-refractivity contribution in [3.05, 3.63) is 59.7 Å². The molecule has 0 spiro atoms. The third kappa shape index (κ3) is 3.50. The maximum atomic E-state index is 12.5. The summed E-state index contributed by atoms with van der Waals surface area (Å²) < 4.78 is 0. The van der Waals surface area contributed by atoms with Crippen LogP contribution in [0.15, 0.2) is 48.5 Å². The topological polar surface area (TPSA) is 88.7 Å². The van der Waals surface area contributed by atoms with Crippen molar-refractivity contribution < 1.29 is 4.79 Å².